The minimum Gasteiger partial charge on any atom is -0.494 e. The first-order valence-electron chi connectivity index (χ1n) is 9.29. The van der Waals surface area contributed by atoms with Gasteiger partial charge in [-0.25, -0.2) is 8.42 Å². The zero-order chi connectivity index (χ0) is 21.2. The Morgan fingerprint density at radius 3 is 2.17 bits per heavy atom. The third kappa shape index (κ3) is 5.07. The van der Waals surface area contributed by atoms with Crippen LogP contribution >= 0.6 is 22.6 Å². The van der Waals surface area contributed by atoms with Crippen molar-refractivity contribution in [1.82, 2.24) is 5.32 Å². The molecule has 0 aromatic heterocycles. The molecule has 0 radical (unpaired) electrons. The molecule has 1 saturated heterocycles. The second-order valence-corrected chi connectivity index (χ2v) is 10.1. The predicted octanol–water partition coefficient (Wildman–Crippen LogP) is 3.30. The Kier molecular flexibility index (Phi) is 6.79. The summed E-state index contributed by atoms with van der Waals surface area (Å²) in [6, 6.07) is 10.8. The van der Waals surface area contributed by atoms with E-state index in [0.717, 1.165) is 22.3 Å². The van der Waals surface area contributed by atoms with E-state index in [1.165, 1.54) is 7.11 Å². The molecule has 0 saturated carbocycles. The van der Waals surface area contributed by atoms with Crippen molar-refractivity contribution in [2.75, 3.05) is 36.9 Å². The molecule has 2 aromatic carbocycles. The van der Waals surface area contributed by atoms with Crippen molar-refractivity contribution in [3.05, 3.63) is 40.0 Å². The number of hydrogen-bond donors (Lipinski definition) is 2. The number of rotatable bonds is 6. The minimum absolute atomic E-state index is 0.196. The van der Waals surface area contributed by atoms with E-state index in [9.17, 15) is 8.42 Å². The molecule has 1 heterocycles. The monoisotopic (exact) mass is 531 g/mol. The van der Waals surface area contributed by atoms with Crippen molar-refractivity contribution < 1.29 is 17.9 Å². The maximum absolute atomic E-state index is 12.9. The Hall–Kier alpha value is -1.72. The first-order valence-corrected chi connectivity index (χ1v) is 11.8. The lowest BCUT2D eigenvalue weighted by Crippen LogP contribution is -2.54. The Morgan fingerprint density at radius 2 is 1.62 bits per heavy atom. The summed E-state index contributed by atoms with van der Waals surface area (Å²) < 4.78 is 40.5. The highest BCUT2D eigenvalue weighted by Crippen LogP contribution is 2.40. The standard InChI is InChI=1S/C20H26IN3O4S/c1-13-11-24(12-14(2)22-13)18-9-17(19(27-3)10-20(18)28-4)23-29(25,26)16-7-5-15(21)6-8-16/h5-10,13-14,22-23H,11-12H2,1-4H3/t13-,14+. The van der Waals surface area contributed by atoms with E-state index in [1.54, 1.807) is 43.5 Å². The van der Waals surface area contributed by atoms with Gasteiger partial charge in [-0.3, -0.25) is 4.72 Å². The summed E-state index contributed by atoms with van der Waals surface area (Å²) >= 11 is 2.14. The third-order valence-corrected chi connectivity index (χ3v) is 6.87. The molecular formula is C20H26IN3O4S. The Balaban J connectivity index is 2.00. The Labute approximate surface area is 186 Å². The van der Waals surface area contributed by atoms with Crippen LogP contribution in [0.15, 0.2) is 41.3 Å². The number of piperazine rings is 1. The number of sulfonamides is 1. The summed E-state index contributed by atoms with van der Waals surface area (Å²) in [7, 11) is -0.650. The first kappa shape index (κ1) is 22.0. The molecule has 2 N–H and O–H groups in total. The molecule has 158 valence electrons. The molecule has 0 bridgehead atoms. The van der Waals surface area contributed by atoms with Crippen LogP contribution in [0.1, 0.15) is 13.8 Å². The van der Waals surface area contributed by atoms with E-state index in [2.05, 4.69) is 51.4 Å². The van der Waals surface area contributed by atoms with Gasteiger partial charge in [-0.1, -0.05) is 0 Å². The molecule has 0 aliphatic carbocycles. The molecule has 1 aliphatic heterocycles. The smallest absolute Gasteiger partial charge is 0.262 e. The van der Waals surface area contributed by atoms with Crippen LogP contribution in [0, 0.1) is 3.57 Å². The van der Waals surface area contributed by atoms with E-state index in [0.29, 0.717) is 29.3 Å². The zero-order valence-electron chi connectivity index (χ0n) is 16.9. The number of benzene rings is 2. The highest BCUT2D eigenvalue weighted by atomic mass is 127. The highest BCUT2D eigenvalue weighted by Gasteiger charge is 2.26. The predicted molar refractivity (Wildman–Crippen MR) is 124 cm³/mol. The normalized spacial score (nSPS) is 19.7. The van der Waals surface area contributed by atoms with Gasteiger partial charge in [0.15, 0.2) is 0 Å². The molecule has 7 nitrogen and oxygen atoms in total. The van der Waals surface area contributed by atoms with Gasteiger partial charge in [0.05, 0.1) is 30.5 Å². The largest absolute Gasteiger partial charge is 0.494 e. The lowest BCUT2D eigenvalue weighted by molar-refractivity contribution is 0.384. The van der Waals surface area contributed by atoms with Gasteiger partial charge >= 0.3 is 0 Å². The van der Waals surface area contributed by atoms with Gasteiger partial charge in [0.2, 0.25) is 0 Å². The zero-order valence-corrected chi connectivity index (χ0v) is 19.9. The molecule has 29 heavy (non-hydrogen) atoms. The van der Waals surface area contributed by atoms with Crippen LogP contribution in [-0.4, -0.2) is 47.8 Å². The molecule has 1 fully saturated rings. The fourth-order valence-electron chi connectivity index (χ4n) is 3.55. The van der Waals surface area contributed by atoms with Crippen LogP contribution in [0.25, 0.3) is 0 Å². The Morgan fingerprint density at radius 1 is 1.03 bits per heavy atom. The van der Waals surface area contributed by atoms with Crippen LogP contribution < -0.4 is 24.4 Å². The first-order chi connectivity index (χ1) is 13.7. The van der Waals surface area contributed by atoms with Crippen LogP contribution in [0.2, 0.25) is 0 Å². The van der Waals surface area contributed by atoms with Crippen LogP contribution in [-0.2, 0) is 10.0 Å². The molecule has 1 aliphatic rings. The minimum atomic E-state index is -3.76. The number of anilines is 2. The third-order valence-electron chi connectivity index (χ3n) is 4.77. The molecule has 2 aromatic rings. The van der Waals surface area contributed by atoms with E-state index in [4.69, 9.17) is 9.47 Å². The van der Waals surface area contributed by atoms with Crippen LogP contribution in [0.3, 0.4) is 0 Å². The molecule has 9 heteroatoms. The lowest BCUT2D eigenvalue weighted by atomic mass is 10.1. The van der Waals surface area contributed by atoms with E-state index in [1.807, 2.05) is 0 Å². The van der Waals surface area contributed by atoms with E-state index >= 15 is 0 Å². The van der Waals surface area contributed by atoms with Crippen molar-refractivity contribution in [2.45, 2.75) is 30.8 Å². The van der Waals surface area contributed by atoms with E-state index in [-0.39, 0.29) is 4.90 Å². The maximum Gasteiger partial charge on any atom is 0.262 e. The SMILES string of the molecule is COc1cc(OC)c(N2C[C@@H](C)N[C@@H](C)C2)cc1NS(=O)(=O)c1ccc(I)cc1. The number of ether oxygens (including phenoxy) is 2. The lowest BCUT2D eigenvalue weighted by Gasteiger charge is -2.38. The average Bonchev–Trinajstić information content (AvgIpc) is 2.67. The van der Waals surface area contributed by atoms with E-state index < -0.39 is 10.0 Å². The Bertz CT molecular complexity index is 956. The molecular weight excluding hydrogens is 505 g/mol. The summed E-state index contributed by atoms with van der Waals surface area (Å²) in [6.45, 7) is 5.82. The van der Waals surface area contributed by atoms with Crippen molar-refractivity contribution in [1.29, 1.82) is 0 Å². The number of halogens is 1. The topological polar surface area (TPSA) is 79.9 Å². The highest BCUT2D eigenvalue weighted by molar-refractivity contribution is 14.1. The maximum atomic E-state index is 12.9. The summed E-state index contributed by atoms with van der Waals surface area (Å²) in [4.78, 5) is 2.40. The van der Waals surface area contributed by atoms with Gasteiger partial charge in [0.25, 0.3) is 10.0 Å². The van der Waals surface area contributed by atoms with Crippen molar-refractivity contribution >= 4 is 44.0 Å². The van der Waals surface area contributed by atoms with Gasteiger partial charge in [-0.05, 0) is 66.8 Å². The van der Waals surface area contributed by atoms with Crippen LogP contribution in [0.4, 0.5) is 11.4 Å². The number of nitrogens with zero attached hydrogens (tertiary/aromatic N) is 1. The van der Waals surface area contributed by atoms with Crippen LogP contribution in [0.5, 0.6) is 11.5 Å². The summed E-state index contributed by atoms with van der Waals surface area (Å²) in [5, 5.41) is 3.50. The molecule has 0 unspecified atom stereocenters. The number of hydrogen-bond acceptors (Lipinski definition) is 6. The average molecular weight is 531 g/mol. The fraction of sp³-hybridized carbons (Fsp3) is 0.400. The number of methoxy groups -OCH3 is 2. The van der Waals surface area contributed by atoms with Crippen molar-refractivity contribution in [3.63, 3.8) is 0 Å². The summed E-state index contributed by atoms with van der Waals surface area (Å²) in [5.74, 6) is 1.04. The van der Waals surface area contributed by atoms with Crippen molar-refractivity contribution in [2.24, 2.45) is 0 Å². The van der Waals surface area contributed by atoms with Gasteiger partial charge in [0.1, 0.15) is 11.5 Å². The fourth-order valence-corrected chi connectivity index (χ4v) is 4.97. The molecule has 0 spiro atoms. The molecule has 0 amide bonds. The molecule has 2 atom stereocenters. The van der Waals surface area contributed by atoms with Gasteiger partial charge in [0, 0.05) is 34.8 Å². The second-order valence-electron chi connectivity index (χ2n) is 7.16. The number of nitrogens with one attached hydrogen (secondary N) is 2. The van der Waals surface area contributed by atoms with Crippen molar-refractivity contribution in [3.8, 4) is 11.5 Å². The molecule has 3 rings (SSSR count). The summed E-state index contributed by atoms with van der Waals surface area (Å²) in [6.07, 6.45) is 0. The van der Waals surface area contributed by atoms with Gasteiger partial charge in [-0.15, -0.1) is 0 Å². The summed E-state index contributed by atoms with van der Waals surface area (Å²) in [5.41, 5.74) is 1.20. The van der Waals surface area contributed by atoms with Gasteiger partial charge < -0.3 is 19.7 Å². The quantitative estimate of drug-likeness (QED) is 0.558. The van der Waals surface area contributed by atoms with Gasteiger partial charge in [-0.2, -0.15) is 0 Å². The second kappa shape index (κ2) is 8.97.